The summed E-state index contributed by atoms with van der Waals surface area (Å²) in [5, 5.41) is 11.5. The van der Waals surface area contributed by atoms with Crippen LogP contribution in [0.2, 0.25) is 0 Å². The van der Waals surface area contributed by atoms with Gasteiger partial charge in [0.2, 0.25) is 5.91 Å². The van der Waals surface area contributed by atoms with Crippen molar-refractivity contribution in [1.82, 2.24) is 15.1 Å². The average molecular weight is 255 g/mol. The van der Waals surface area contributed by atoms with Gasteiger partial charge in [-0.1, -0.05) is 6.08 Å². The number of piperazine rings is 1. The molecule has 0 saturated carbocycles. The topological polar surface area (TPSA) is 90.0 Å². The highest BCUT2D eigenvalue weighted by molar-refractivity contribution is 5.90. The highest BCUT2D eigenvalue weighted by Gasteiger charge is 2.36. The third-order valence-electron chi connectivity index (χ3n) is 2.72. The maximum Gasteiger partial charge on any atom is 0.328 e. The van der Waals surface area contributed by atoms with Gasteiger partial charge >= 0.3 is 12.0 Å². The summed E-state index contributed by atoms with van der Waals surface area (Å²) in [6.07, 6.45) is 1.56. The first-order valence-electron chi connectivity index (χ1n) is 5.67. The molecule has 3 amide bonds. The number of hydrogen-bond acceptors (Lipinski definition) is 3. The molecular formula is C11H17N3O4. The van der Waals surface area contributed by atoms with Crippen LogP contribution in [-0.4, -0.2) is 65.0 Å². The third-order valence-corrected chi connectivity index (χ3v) is 2.72. The fourth-order valence-corrected chi connectivity index (χ4v) is 1.74. The molecule has 0 radical (unpaired) electrons. The minimum atomic E-state index is -1.13. The maximum atomic E-state index is 12.1. The number of likely N-dealkylation sites (N-methyl/N-ethyl adjacent to an activating group) is 1. The Morgan fingerprint density at radius 3 is 2.83 bits per heavy atom. The molecule has 100 valence electrons. The molecule has 1 aliphatic rings. The summed E-state index contributed by atoms with van der Waals surface area (Å²) in [6, 6.07) is -1.48. The number of hydrogen-bond donors (Lipinski definition) is 2. The van der Waals surface area contributed by atoms with Gasteiger partial charge in [-0.3, -0.25) is 9.69 Å². The summed E-state index contributed by atoms with van der Waals surface area (Å²) >= 11 is 0. The molecule has 1 rings (SSSR count). The molecule has 0 aliphatic carbocycles. The van der Waals surface area contributed by atoms with E-state index in [1.165, 1.54) is 4.90 Å². The summed E-state index contributed by atoms with van der Waals surface area (Å²) in [5.41, 5.74) is 0. The number of carbonyl (C=O) groups is 3. The zero-order valence-electron chi connectivity index (χ0n) is 10.3. The van der Waals surface area contributed by atoms with Crippen molar-refractivity contribution >= 4 is 17.9 Å². The van der Waals surface area contributed by atoms with Gasteiger partial charge in [0.25, 0.3) is 0 Å². The van der Waals surface area contributed by atoms with E-state index < -0.39 is 18.0 Å². The number of rotatable bonds is 4. The molecule has 2 N–H and O–H groups in total. The summed E-state index contributed by atoms with van der Waals surface area (Å²) in [5.74, 6) is -1.48. The Morgan fingerprint density at radius 2 is 2.33 bits per heavy atom. The molecular weight excluding hydrogens is 238 g/mol. The molecule has 1 saturated heterocycles. The van der Waals surface area contributed by atoms with E-state index in [1.54, 1.807) is 13.0 Å². The highest BCUT2D eigenvalue weighted by Crippen LogP contribution is 2.09. The second-order valence-electron chi connectivity index (χ2n) is 3.90. The number of urea groups is 1. The summed E-state index contributed by atoms with van der Waals surface area (Å²) < 4.78 is 0. The first-order chi connectivity index (χ1) is 8.51. The molecule has 1 aliphatic heterocycles. The van der Waals surface area contributed by atoms with E-state index in [9.17, 15) is 14.4 Å². The number of amides is 3. The van der Waals surface area contributed by atoms with E-state index in [-0.39, 0.29) is 19.0 Å². The lowest BCUT2D eigenvalue weighted by Crippen LogP contribution is -2.61. The van der Waals surface area contributed by atoms with E-state index in [2.05, 4.69) is 11.9 Å². The zero-order chi connectivity index (χ0) is 13.7. The van der Waals surface area contributed by atoms with Gasteiger partial charge in [0, 0.05) is 19.6 Å². The summed E-state index contributed by atoms with van der Waals surface area (Å²) in [6.45, 7) is 5.76. The standard InChI is InChI=1S/C11H17N3O4/c1-3-5-13(4-2)11(18)14-7-9(15)12-6-8(14)10(16)17/h3,8H,1,4-7H2,2H3,(H,12,15)(H,16,17). The lowest BCUT2D eigenvalue weighted by atomic mass is 10.2. The Balaban J connectivity index is 2.86. The van der Waals surface area contributed by atoms with Crippen LogP contribution in [0.5, 0.6) is 0 Å². The molecule has 1 fully saturated rings. The van der Waals surface area contributed by atoms with Gasteiger partial charge in [-0.05, 0) is 6.92 Å². The van der Waals surface area contributed by atoms with Crippen LogP contribution in [0.4, 0.5) is 4.79 Å². The number of nitrogens with one attached hydrogen (secondary N) is 1. The van der Waals surface area contributed by atoms with Crippen LogP contribution >= 0.6 is 0 Å². The fourth-order valence-electron chi connectivity index (χ4n) is 1.74. The monoisotopic (exact) mass is 255 g/mol. The van der Waals surface area contributed by atoms with Crippen molar-refractivity contribution in [3.63, 3.8) is 0 Å². The number of carbonyl (C=O) groups excluding carboxylic acids is 2. The first kappa shape index (κ1) is 14.0. The first-order valence-corrected chi connectivity index (χ1v) is 5.67. The van der Waals surface area contributed by atoms with Crippen LogP contribution in [0.1, 0.15) is 6.92 Å². The maximum absolute atomic E-state index is 12.1. The normalized spacial score (nSPS) is 19.1. The summed E-state index contributed by atoms with van der Waals surface area (Å²) in [4.78, 5) is 37.0. The van der Waals surface area contributed by atoms with Crippen LogP contribution in [0.15, 0.2) is 12.7 Å². The molecule has 7 heteroatoms. The average Bonchev–Trinajstić information content (AvgIpc) is 2.34. The SMILES string of the molecule is C=CCN(CC)C(=O)N1CC(=O)NCC1C(=O)O. The second kappa shape index (κ2) is 6.04. The fraction of sp³-hybridized carbons (Fsp3) is 0.545. The highest BCUT2D eigenvalue weighted by atomic mass is 16.4. The minimum absolute atomic E-state index is 0.0639. The Bertz CT molecular complexity index is 369. The van der Waals surface area contributed by atoms with Crippen LogP contribution in [-0.2, 0) is 9.59 Å². The van der Waals surface area contributed by atoms with E-state index in [1.807, 2.05) is 0 Å². The molecule has 0 spiro atoms. The van der Waals surface area contributed by atoms with E-state index in [0.717, 1.165) is 4.90 Å². The third kappa shape index (κ3) is 2.99. The lowest BCUT2D eigenvalue weighted by molar-refractivity contribution is -0.144. The number of aliphatic carboxylic acids is 1. The van der Waals surface area contributed by atoms with Gasteiger partial charge < -0.3 is 15.3 Å². The number of carboxylic acids is 1. The molecule has 18 heavy (non-hydrogen) atoms. The van der Waals surface area contributed by atoms with E-state index in [0.29, 0.717) is 13.1 Å². The second-order valence-corrected chi connectivity index (χ2v) is 3.90. The van der Waals surface area contributed by atoms with Crippen molar-refractivity contribution in [2.45, 2.75) is 13.0 Å². The lowest BCUT2D eigenvalue weighted by Gasteiger charge is -2.36. The molecule has 1 atom stereocenters. The van der Waals surface area contributed by atoms with Crippen molar-refractivity contribution in [3.05, 3.63) is 12.7 Å². The van der Waals surface area contributed by atoms with Crippen molar-refractivity contribution in [1.29, 1.82) is 0 Å². The smallest absolute Gasteiger partial charge is 0.328 e. The predicted octanol–water partition coefficient (Wildman–Crippen LogP) is -0.501. The van der Waals surface area contributed by atoms with Gasteiger partial charge in [-0.15, -0.1) is 6.58 Å². The molecule has 0 aromatic carbocycles. The minimum Gasteiger partial charge on any atom is -0.480 e. The molecule has 0 aromatic heterocycles. The molecule has 1 unspecified atom stereocenters. The Labute approximate surface area is 105 Å². The largest absolute Gasteiger partial charge is 0.480 e. The van der Waals surface area contributed by atoms with E-state index in [4.69, 9.17) is 5.11 Å². The summed E-state index contributed by atoms with van der Waals surface area (Å²) in [7, 11) is 0. The van der Waals surface area contributed by atoms with Gasteiger partial charge in [0.15, 0.2) is 0 Å². The van der Waals surface area contributed by atoms with Gasteiger partial charge in [0.05, 0.1) is 0 Å². The zero-order valence-corrected chi connectivity index (χ0v) is 10.3. The van der Waals surface area contributed by atoms with Crippen LogP contribution in [0.25, 0.3) is 0 Å². The van der Waals surface area contributed by atoms with Crippen LogP contribution in [0.3, 0.4) is 0 Å². The van der Waals surface area contributed by atoms with Crippen molar-refractivity contribution in [2.24, 2.45) is 0 Å². The van der Waals surface area contributed by atoms with Crippen molar-refractivity contribution in [3.8, 4) is 0 Å². The van der Waals surface area contributed by atoms with E-state index >= 15 is 0 Å². The Kier molecular flexibility index (Phi) is 4.70. The Morgan fingerprint density at radius 1 is 1.67 bits per heavy atom. The van der Waals surface area contributed by atoms with Gasteiger partial charge in [0.1, 0.15) is 12.6 Å². The van der Waals surface area contributed by atoms with Gasteiger partial charge in [-0.25, -0.2) is 9.59 Å². The Hall–Kier alpha value is -2.05. The van der Waals surface area contributed by atoms with Crippen molar-refractivity contribution < 1.29 is 19.5 Å². The quantitative estimate of drug-likeness (QED) is 0.663. The number of nitrogens with zero attached hydrogens (tertiary/aromatic N) is 2. The van der Waals surface area contributed by atoms with Crippen LogP contribution < -0.4 is 5.32 Å². The number of carboxylic acid groups (broad SMARTS) is 1. The van der Waals surface area contributed by atoms with Gasteiger partial charge in [-0.2, -0.15) is 0 Å². The molecule has 0 aromatic rings. The van der Waals surface area contributed by atoms with Crippen molar-refractivity contribution in [2.75, 3.05) is 26.2 Å². The van der Waals surface area contributed by atoms with Crippen LogP contribution in [0, 0.1) is 0 Å². The predicted molar refractivity (Wildman–Crippen MR) is 64.0 cm³/mol. The molecule has 7 nitrogen and oxygen atoms in total. The molecule has 1 heterocycles. The molecule has 0 bridgehead atoms.